The fourth-order valence-electron chi connectivity index (χ4n) is 8.03. The molecule has 1 aromatic heterocycles. The minimum Gasteiger partial charge on any atom is -0.508 e. The van der Waals surface area contributed by atoms with E-state index in [1.165, 1.54) is 18.2 Å². The summed E-state index contributed by atoms with van der Waals surface area (Å²) in [7, 11) is 0. The van der Waals surface area contributed by atoms with E-state index in [0.717, 1.165) is 32.2 Å². The third-order valence-electron chi connectivity index (χ3n) is 9.94. The van der Waals surface area contributed by atoms with Gasteiger partial charge in [-0.25, -0.2) is 13.2 Å². The molecule has 11 heteroatoms. The lowest BCUT2D eigenvalue weighted by Gasteiger charge is -2.34. The molecule has 4 fully saturated rings. The van der Waals surface area contributed by atoms with Crippen molar-refractivity contribution in [1.82, 2.24) is 20.2 Å². The highest BCUT2D eigenvalue weighted by Gasteiger charge is 2.49. The lowest BCUT2D eigenvalue weighted by atomic mass is 9.93. The lowest BCUT2D eigenvalue weighted by Crippen LogP contribution is -2.51. The van der Waals surface area contributed by atoms with Crippen molar-refractivity contribution in [2.75, 3.05) is 37.7 Å². The van der Waals surface area contributed by atoms with Gasteiger partial charge in [-0.1, -0.05) is 12.1 Å². The molecule has 4 saturated heterocycles. The zero-order valence-corrected chi connectivity index (χ0v) is 24.0. The predicted molar refractivity (Wildman–Crippen MR) is 159 cm³/mol. The van der Waals surface area contributed by atoms with Crippen LogP contribution in [0.1, 0.15) is 37.7 Å². The number of aromatic nitrogens is 2. The zero-order valence-electron chi connectivity index (χ0n) is 24.0. The standard InChI is InChI=1S/C33H31F3N6O2/c34-20-12-33(7-2-8-42(33)14-20)17-44-32-39-30-25(31(40-32)41-15-21-5-6-22(16-41)38-21)11-26(35)28(29(30)36)24-10-23(43)9-18-3-1-4-19(13-37)27(18)24/h1,3-4,9-11,20-22,38,43H,2,5-8,12,14-17H2/t20-,21-,22+,33+/m1/s1. The minimum atomic E-state index is -0.934. The van der Waals surface area contributed by atoms with Gasteiger partial charge >= 0.3 is 6.01 Å². The molecule has 44 heavy (non-hydrogen) atoms. The quantitative estimate of drug-likeness (QED) is 0.323. The summed E-state index contributed by atoms with van der Waals surface area (Å²) in [6.45, 7) is 2.59. The first-order chi connectivity index (χ1) is 21.3. The predicted octanol–water partition coefficient (Wildman–Crippen LogP) is 5.20. The third-order valence-corrected chi connectivity index (χ3v) is 9.94. The SMILES string of the molecule is N#Cc1cccc2cc(O)cc(-c3c(F)cc4c(N5C[C@H]6CC[C@@H](C5)N6)nc(OC[C@@]56CCCN5C[C@H](F)C6)nc4c3F)c12. The maximum Gasteiger partial charge on any atom is 0.319 e. The highest BCUT2D eigenvalue weighted by atomic mass is 19.1. The fraction of sp³-hybridized carbons (Fsp3) is 0.424. The van der Waals surface area contributed by atoms with Gasteiger partial charge in [-0.15, -0.1) is 0 Å². The smallest absolute Gasteiger partial charge is 0.319 e. The van der Waals surface area contributed by atoms with E-state index in [4.69, 9.17) is 9.72 Å². The van der Waals surface area contributed by atoms with Gasteiger partial charge in [0.05, 0.1) is 22.7 Å². The maximum absolute atomic E-state index is 16.8. The number of halogens is 3. The molecule has 3 aromatic carbocycles. The number of hydrogen-bond acceptors (Lipinski definition) is 8. The van der Waals surface area contributed by atoms with E-state index in [-0.39, 0.29) is 52.5 Å². The van der Waals surface area contributed by atoms with Gasteiger partial charge in [0.2, 0.25) is 0 Å². The summed E-state index contributed by atoms with van der Waals surface area (Å²) in [4.78, 5) is 13.4. The number of rotatable bonds is 5. The molecule has 4 atom stereocenters. The molecule has 0 aliphatic carbocycles. The van der Waals surface area contributed by atoms with Crippen molar-refractivity contribution >= 4 is 27.5 Å². The molecule has 2 bridgehead atoms. The van der Waals surface area contributed by atoms with Crippen LogP contribution >= 0.6 is 0 Å². The van der Waals surface area contributed by atoms with E-state index in [1.807, 2.05) is 4.90 Å². The second-order valence-electron chi connectivity index (χ2n) is 12.7. The number of anilines is 1. The largest absolute Gasteiger partial charge is 0.508 e. The average Bonchev–Trinajstić information content (AvgIpc) is 3.65. The minimum absolute atomic E-state index is 0.0446. The number of alkyl halides is 1. The summed E-state index contributed by atoms with van der Waals surface area (Å²) in [5, 5.41) is 24.9. The van der Waals surface area contributed by atoms with Crippen LogP contribution in [0.3, 0.4) is 0 Å². The van der Waals surface area contributed by atoms with Crippen molar-refractivity contribution in [1.29, 1.82) is 5.26 Å². The second kappa shape index (κ2) is 10.2. The molecule has 0 saturated carbocycles. The number of nitrogens with one attached hydrogen (secondary N) is 1. The number of fused-ring (bicyclic) bond motifs is 5. The number of piperazine rings is 1. The summed E-state index contributed by atoms with van der Waals surface area (Å²) in [6, 6.07) is 11.4. The molecule has 4 aliphatic heterocycles. The Balaban J connectivity index is 1.29. The Bertz CT molecular complexity index is 1850. The summed E-state index contributed by atoms with van der Waals surface area (Å²) in [5.74, 6) is -1.58. The van der Waals surface area contributed by atoms with Crippen LogP contribution < -0.4 is 15.0 Å². The van der Waals surface area contributed by atoms with Crippen LogP contribution in [0.4, 0.5) is 19.0 Å². The summed E-state index contributed by atoms with van der Waals surface area (Å²) < 4.78 is 53.5. The number of ether oxygens (including phenoxy) is 1. The Morgan fingerprint density at radius 3 is 2.73 bits per heavy atom. The Hall–Kier alpha value is -4.14. The van der Waals surface area contributed by atoms with E-state index in [1.54, 1.807) is 18.2 Å². The Morgan fingerprint density at radius 2 is 1.93 bits per heavy atom. The number of nitriles is 1. The molecule has 0 amide bonds. The summed E-state index contributed by atoms with van der Waals surface area (Å²) in [5.41, 5.74) is -0.685. The number of nitrogens with zero attached hydrogens (tertiary/aromatic N) is 5. The molecule has 0 radical (unpaired) electrons. The van der Waals surface area contributed by atoms with E-state index in [0.29, 0.717) is 42.6 Å². The molecule has 4 aromatic rings. The van der Waals surface area contributed by atoms with Gasteiger partial charge in [0.25, 0.3) is 0 Å². The average molecular weight is 601 g/mol. The summed E-state index contributed by atoms with van der Waals surface area (Å²) in [6.07, 6.45) is 3.20. The molecule has 0 spiro atoms. The Labute approximate surface area is 252 Å². The van der Waals surface area contributed by atoms with Crippen LogP contribution in [-0.2, 0) is 0 Å². The van der Waals surface area contributed by atoms with Crippen molar-refractivity contribution in [2.24, 2.45) is 0 Å². The van der Waals surface area contributed by atoms with Crippen molar-refractivity contribution in [3.8, 4) is 29.0 Å². The first-order valence-electron chi connectivity index (χ1n) is 15.2. The first-order valence-corrected chi connectivity index (χ1v) is 15.2. The number of benzene rings is 3. The molecule has 226 valence electrons. The Morgan fingerprint density at radius 1 is 1.11 bits per heavy atom. The van der Waals surface area contributed by atoms with Gasteiger partial charge in [-0.3, -0.25) is 4.90 Å². The topological polar surface area (TPSA) is 97.5 Å². The van der Waals surface area contributed by atoms with Crippen molar-refractivity contribution in [3.63, 3.8) is 0 Å². The van der Waals surface area contributed by atoms with Crippen LogP contribution in [0.5, 0.6) is 11.8 Å². The maximum atomic E-state index is 16.8. The molecule has 8 rings (SSSR count). The highest BCUT2D eigenvalue weighted by Crippen LogP contribution is 2.43. The van der Waals surface area contributed by atoms with Gasteiger partial charge in [-0.2, -0.15) is 15.2 Å². The van der Waals surface area contributed by atoms with Gasteiger partial charge in [0.15, 0.2) is 5.82 Å². The van der Waals surface area contributed by atoms with Crippen LogP contribution in [0, 0.1) is 23.0 Å². The highest BCUT2D eigenvalue weighted by molar-refractivity contribution is 6.04. The third kappa shape index (κ3) is 4.34. The second-order valence-corrected chi connectivity index (χ2v) is 12.7. The van der Waals surface area contributed by atoms with E-state index in [9.17, 15) is 14.8 Å². The van der Waals surface area contributed by atoms with Gasteiger partial charge in [0, 0.05) is 54.5 Å². The molecular formula is C33H31F3N6O2. The molecule has 5 heterocycles. The van der Waals surface area contributed by atoms with Crippen molar-refractivity contribution < 1.29 is 23.0 Å². The zero-order chi connectivity index (χ0) is 30.2. The first kappa shape index (κ1) is 27.4. The van der Waals surface area contributed by atoms with Crippen LogP contribution in [0.2, 0.25) is 0 Å². The normalized spacial score (nSPS) is 26.4. The van der Waals surface area contributed by atoms with Gasteiger partial charge in [0.1, 0.15) is 35.7 Å². The van der Waals surface area contributed by atoms with E-state index < -0.39 is 28.9 Å². The number of phenolic OH excluding ortho intramolecular Hbond substituents is 1. The van der Waals surface area contributed by atoms with E-state index in [2.05, 4.69) is 21.3 Å². The van der Waals surface area contributed by atoms with Crippen LogP contribution in [0.15, 0.2) is 36.4 Å². The van der Waals surface area contributed by atoms with E-state index >= 15 is 8.78 Å². The molecular weight excluding hydrogens is 569 g/mol. The molecule has 8 nitrogen and oxygen atoms in total. The number of phenols is 1. The Kier molecular flexibility index (Phi) is 6.36. The van der Waals surface area contributed by atoms with Crippen LogP contribution in [0.25, 0.3) is 32.8 Å². The number of hydrogen-bond donors (Lipinski definition) is 2. The summed E-state index contributed by atoms with van der Waals surface area (Å²) >= 11 is 0. The molecule has 2 N–H and O–H groups in total. The molecule has 4 aliphatic rings. The lowest BCUT2D eigenvalue weighted by molar-refractivity contribution is 0.107. The van der Waals surface area contributed by atoms with Gasteiger partial charge < -0.3 is 20.1 Å². The van der Waals surface area contributed by atoms with Gasteiger partial charge in [-0.05, 0) is 61.9 Å². The van der Waals surface area contributed by atoms with Crippen molar-refractivity contribution in [2.45, 2.75) is 55.9 Å². The van der Waals surface area contributed by atoms with Crippen molar-refractivity contribution in [3.05, 3.63) is 53.6 Å². The monoisotopic (exact) mass is 600 g/mol. The number of aromatic hydroxyl groups is 1. The van der Waals surface area contributed by atoms with Crippen LogP contribution in [-0.4, -0.2) is 76.6 Å². The fourth-order valence-corrected chi connectivity index (χ4v) is 8.03. The molecule has 0 unspecified atom stereocenters.